The molecule has 2 atom stereocenters. The molecule has 110 valence electrons. The highest BCUT2D eigenvalue weighted by Gasteiger charge is 2.28. The Labute approximate surface area is 129 Å². The topological polar surface area (TPSA) is 32.3 Å². The molecular weight excluding hydrogens is 316 g/mol. The third kappa shape index (κ3) is 4.06. The lowest BCUT2D eigenvalue weighted by Crippen LogP contribution is -2.50. The molecule has 0 radical (unpaired) electrons. The number of nitrogens with one attached hydrogen (secondary N) is 1. The zero-order valence-electron chi connectivity index (χ0n) is 12.2. The maximum atomic E-state index is 11.5. The first-order valence-corrected chi connectivity index (χ1v) is 8.12. The lowest BCUT2D eigenvalue weighted by Gasteiger charge is -2.38. The highest BCUT2D eigenvalue weighted by molar-refractivity contribution is 9.10. The quantitative estimate of drug-likeness (QED) is 0.914. The molecule has 1 aromatic carbocycles. The van der Waals surface area contributed by atoms with Crippen molar-refractivity contribution in [3.8, 4) is 0 Å². The first kappa shape index (κ1) is 15.5. The summed E-state index contributed by atoms with van der Waals surface area (Å²) in [7, 11) is 0. The van der Waals surface area contributed by atoms with Crippen LogP contribution in [0.5, 0.6) is 0 Å². The predicted octanol–water partition coefficient (Wildman–Crippen LogP) is 3.19. The van der Waals surface area contributed by atoms with Crippen molar-refractivity contribution in [1.82, 2.24) is 10.2 Å². The minimum absolute atomic E-state index is 0.204. The van der Waals surface area contributed by atoms with Gasteiger partial charge in [-0.3, -0.25) is 4.79 Å². The average Bonchev–Trinajstić information content (AvgIpc) is 2.46. The number of benzene rings is 1. The molecule has 1 fully saturated rings. The Morgan fingerprint density at radius 1 is 1.40 bits per heavy atom. The molecule has 20 heavy (non-hydrogen) atoms. The normalized spacial score (nSPS) is 22.9. The molecule has 1 amide bonds. The minimum Gasteiger partial charge on any atom is -0.343 e. The van der Waals surface area contributed by atoms with Crippen LogP contribution in [0, 0.1) is 5.92 Å². The summed E-state index contributed by atoms with van der Waals surface area (Å²) in [5.41, 5.74) is 1.30. The van der Waals surface area contributed by atoms with Crippen molar-refractivity contribution in [2.24, 2.45) is 5.92 Å². The van der Waals surface area contributed by atoms with Crippen molar-refractivity contribution in [3.63, 3.8) is 0 Å². The van der Waals surface area contributed by atoms with Gasteiger partial charge >= 0.3 is 0 Å². The van der Waals surface area contributed by atoms with Crippen LogP contribution in [0.25, 0.3) is 0 Å². The van der Waals surface area contributed by atoms with Crippen LogP contribution in [0.1, 0.15) is 32.3 Å². The molecule has 4 heteroatoms. The molecule has 0 aliphatic carbocycles. The highest BCUT2D eigenvalue weighted by atomic mass is 79.9. The van der Waals surface area contributed by atoms with Gasteiger partial charge in [-0.1, -0.05) is 41.4 Å². The number of hydrogen-bond donors (Lipinski definition) is 1. The Morgan fingerprint density at radius 2 is 2.10 bits per heavy atom. The summed E-state index contributed by atoms with van der Waals surface area (Å²) in [6, 6.07) is 8.95. The zero-order chi connectivity index (χ0) is 14.5. The van der Waals surface area contributed by atoms with Crippen LogP contribution < -0.4 is 5.32 Å². The van der Waals surface area contributed by atoms with E-state index in [1.165, 1.54) is 5.56 Å². The van der Waals surface area contributed by atoms with Gasteiger partial charge < -0.3 is 10.2 Å². The summed E-state index contributed by atoms with van der Waals surface area (Å²) in [6.07, 6.45) is 2.16. The fraction of sp³-hybridized carbons (Fsp3) is 0.562. The van der Waals surface area contributed by atoms with Crippen LogP contribution in [0.4, 0.5) is 0 Å². The number of carbonyl (C=O) groups excluding carboxylic acids is 1. The van der Waals surface area contributed by atoms with E-state index in [4.69, 9.17) is 0 Å². The third-order valence-electron chi connectivity index (χ3n) is 4.19. The summed E-state index contributed by atoms with van der Waals surface area (Å²) in [5.74, 6) is 0.762. The molecule has 1 heterocycles. The highest BCUT2D eigenvalue weighted by Crippen LogP contribution is 2.21. The van der Waals surface area contributed by atoms with Crippen molar-refractivity contribution >= 4 is 21.8 Å². The second kappa shape index (κ2) is 7.23. The predicted molar refractivity (Wildman–Crippen MR) is 85.4 cm³/mol. The van der Waals surface area contributed by atoms with Crippen molar-refractivity contribution in [2.45, 2.75) is 39.3 Å². The second-order valence-electron chi connectivity index (χ2n) is 5.54. The van der Waals surface area contributed by atoms with E-state index >= 15 is 0 Å². The lowest BCUT2D eigenvalue weighted by atomic mass is 9.89. The number of likely N-dealkylation sites (tertiary alicyclic amines) is 1. The molecule has 1 N–H and O–H groups in total. The molecule has 1 aliphatic rings. The number of piperidine rings is 1. The van der Waals surface area contributed by atoms with Gasteiger partial charge in [-0.2, -0.15) is 0 Å². The second-order valence-corrected chi connectivity index (χ2v) is 6.45. The number of nitrogens with zero attached hydrogens (tertiary/aromatic N) is 1. The van der Waals surface area contributed by atoms with Gasteiger partial charge in [-0.25, -0.2) is 0 Å². The average molecular weight is 339 g/mol. The summed E-state index contributed by atoms with van der Waals surface area (Å²) in [6.45, 7) is 6.55. The van der Waals surface area contributed by atoms with Crippen LogP contribution in [-0.4, -0.2) is 29.9 Å². The monoisotopic (exact) mass is 338 g/mol. The summed E-state index contributed by atoms with van der Waals surface area (Å²) >= 11 is 3.46. The van der Waals surface area contributed by atoms with Crippen molar-refractivity contribution in [1.29, 1.82) is 0 Å². The maximum Gasteiger partial charge on any atom is 0.219 e. The fourth-order valence-electron chi connectivity index (χ4n) is 2.85. The molecule has 2 rings (SSSR count). The zero-order valence-corrected chi connectivity index (χ0v) is 13.8. The Kier molecular flexibility index (Phi) is 5.61. The van der Waals surface area contributed by atoms with Gasteiger partial charge in [0, 0.05) is 37.1 Å². The molecular formula is C16H23BrN2O. The van der Waals surface area contributed by atoms with Gasteiger partial charge in [0.1, 0.15) is 0 Å². The lowest BCUT2D eigenvalue weighted by molar-refractivity contribution is -0.131. The molecule has 3 nitrogen and oxygen atoms in total. The number of hydrogen-bond acceptors (Lipinski definition) is 2. The third-order valence-corrected chi connectivity index (χ3v) is 4.71. The largest absolute Gasteiger partial charge is 0.343 e. The molecule has 0 bridgehead atoms. The Morgan fingerprint density at radius 3 is 2.70 bits per heavy atom. The van der Waals surface area contributed by atoms with Crippen LogP contribution >= 0.6 is 15.9 Å². The summed E-state index contributed by atoms with van der Waals surface area (Å²) in [5, 5.41) is 3.66. The van der Waals surface area contributed by atoms with E-state index in [1.807, 2.05) is 4.90 Å². The first-order valence-electron chi connectivity index (χ1n) is 7.33. The maximum absolute atomic E-state index is 11.5. The van der Waals surface area contributed by atoms with Gasteiger partial charge in [0.2, 0.25) is 5.91 Å². The summed E-state index contributed by atoms with van der Waals surface area (Å²) in [4.78, 5) is 13.5. The first-order chi connectivity index (χ1) is 9.60. The molecule has 0 saturated carbocycles. The van der Waals surface area contributed by atoms with Crippen molar-refractivity contribution in [3.05, 3.63) is 34.3 Å². The fourth-order valence-corrected chi connectivity index (χ4v) is 3.12. The van der Waals surface area contributed by atoms with E-state index in [0.29, 0.717) is 12.0 Å². The Hall–Kier alpha value is -0.870. The number of rotatable bonds is 4. The molecule has 1 saturated heterocycles. The van der Waals surface area contributed by atoms with Gasteiger partial charge in [0.25, 0.3) is 0 Å². The van der Waals surface area contributed by atoms with Crippen LogP contribution in [0.2, 0.25) is 0 Å². The van der Waals surface area contributed by atoms with E-state index in [1.54, 1.807) is 6.92 Å². The van der Waals surface area contributed by atoms with Crippen LogP contribution in [0.3, 0.4) is 0 Å². The van der Waals surface area contributed by atoms with Gasteiger partial charge in [-0.15, -0.1) is 0 Å². The Balaban J connectivity index is 1.89. The van der Waals surface area contributed by atoms with Gasteiger partial charge in [-0.05, 0) is 30.0 Å². The van der Waals surface area contributed by atoms with E-state index < -0.39 is 0 Å². The molecule has 2 unspecified atom stereocenters. The van der Waals surface area contributed by atoms with Crippen LogP contribution in [-0.2, 0) is 11.3 Å². The number of carbonyl (C=O) groups is 1. The van der Waals surface area contributed by atoms with E-state index in [-0.39, 0.29) is 5.91 Å². The molecule has 0 spiro atoms. The van der Waals surface area contributed by atoms with E-state index in [9.17, 15) is 4.79 Å². The minimum atomic E-state index is 0.204. The standard InChI is InChI=1S/C16H23BrN2O/c1-3-14-11-19(12(2)20)9-8-16(14)18-10-13-4-6-15(17)7-5-13/h4-7,14,16,18H,3,8-11H2,1-2H3. The number of halogens is 1. The molecule has 1 aromatic rings. The van der Waals surface area contributed by atoms with Gasteiger partial charge in [0.05, 0.1) is 0 Å². The van der Waals surface area contributed by atoms with E-state index in [0.717, 1.165) is 36.9 Å². The van der Waals surface area contributed by atoms with Crippen LogP contribution in [0.15, 0.2) is 28.7 Å². The smallest absolute Gasteiger partial charge is 0.219 e. The molecule has 1 aliphatic heterocycles. The molecule has 0 aromatic heterocycles. The van der Waals surface area contributed by atoms with Crippen molar-refractivity contribution < 1.29 is 4.79 Å². The number of amides is 1. The SMILES string of the molecule is CCC1CN(C(C)=O)CCC1NCc1ccc(Br)cc1. The van der Waals surface area contributed by atoms with E-state index in [2.05, 4.69) is 52.4 Å². The summed E-state index contributed by atoms with van der Waals surface area (Å²) < 4.78 is 1.11. The van der Waals surface area contributed by atoms with Crippen molar-refractivity contribution in [2.75, 3.05) is 13.1 Å². The van der Waals surface area contributed by atoms with Gasteiger partial charge in [0.15, 0.2) is 0 Å². The Bertz CT molecular complexity index is 446.